The van der Waals surface area contributed by atoms with Gasteiger partial charge in [0.2, 0.25) is 5.56 Å². The Balaban J connectivity index is 2.65. The second-order valence-electron chi connectivity index (χ2n) is 4.43. The van der Waals surface area contributed by atoms with E-state index in [-0.39, 0.29) is 23.4 Å². The van der Waals surface area contributed by atoms with Crippen LogP contribution in [0.25, 0.3) is 0 Å². The quantitative estimate of drug-likeness (QED) is 0.798. The lowest BCUT2D eigenvalue weighted by Crippen LogP contribution is -2.42. The molecule has 1 unspecified atom stereocenters. The molecular weight excluding hydrogens is 232 g/mol. The predicted octanol–water partition coefficient (Wildman–Crippen LogP) is 1.17. The van der Waals surface area contributed by atoms with E-state index >= 15 is 0 Å². The molecule has 1 amide bonds. The number of hydrogen-bond donors (Lipinski definition) is 2. The van der Waals surface area contributed by atoms with Crippen molar-refractivity contribution in [3.8, 4) is 0 Å². The fourth-order valence-corrected chi connectivity index (χ4v) is 1.45. The molecule has 2 N–H and O–H groups in total. The maximum absolute atomic E-state index is 11.9. The Hall–Kier alpha value is -1.62. The molecule has 5 heteroatoms. The van der Waals surface area contributed by atoms with Crippen LogP contribution in [0.2, 0.25) is 0 Å². The van der Waals surface area contributed by atoms with Gasteiger partial charge in [-0.15, -0.1) is 0 Å². The Morgan fingerprint density at radius 2 is 2.17 bits per heavy atom. The third kappa shape index (κ3) is 4.33. The van der Waals surface area contributed by atoms with E-state index in [1.807, 2.05) is 20.8 Å². The monoisotopic (exact) mass is 252 g/mol. The van der Waals surface area contributed by atoms with Crippen molar-refractivity contribution < 1.29 is 9.53 Å². The van der Waals surface area contributed by atoms with Crippen molar-refractivity contribution in [1.29, 1.82) is 0 Å². The Morgan fingerprint density at radius 3 is 2.67 bits per heavy atom. The lowest BCUT2D eigenvalue weighted by molar-refractivity contribution is 0.0806. The van der Waals surface area contributed by atoms with Gasteiger partial charge in [-0.25, -0.2) is 0 Å². The third-order valence-electron chi connectivity index (χ3n) is 2.67. The highest BCUT2D eigenvalue weighted by Crippen LogP contribution is 2.04. The number of nitrogens with one attached hydrogen (secondary N) is 2. The second kappa shape index (κ2) is 6.96. The first kappa shape index (κ1) is 14.4. The number of ether oxygens (including phenoxy) is 1. The maximum atomic E-state index is 11.9. The van der Waals surface area contributed by atoms with Crippen molar-refractivity contribution in [2.24, 2.45) is 5.92 Å². The molecule has 0 spiro atoms. The van der Waals surface area contributed by atoms with E-state index < -0.39 is 0 Å². The summed E-state index contributed by atoms with van der Waals surface area (Å²) in [7, 11) is 0. The zero-order valence-corrected chi connectivity index (χ0v) is 11.0. The van der Waals surface area contributed by atoms with Gasteiger partial charge in [0.1, 0.15) is 0 Å². The van der Waals surface area contributed by atoms with E-state index in [4.69, 9.17) is 4.74 Å². The molecule has 1 atom stereocenters. The molecule has 1 heterocycles. The number of carbonyl (C=O) groups excluding carboxylic acids is 1. The minimum Gasteiger partial charge on any atom is -0.380 e. The summed E-state index contributed by atoms with van der Waals surface area (Å²) in [6.45, 7) is 7.08. The highest BCUT2D eigenvalue weighted by atomic mass is 16.5. The van der Waals surface area contributed by atoms with Crippen LogP contribution in [0, 0.1) is 5.92 Å². The summed E-state index contributed by atoms with van der Waals surface area (Å²) in [6, 6.07) is 2.80. The second-order valence-corrected chi connectivity index (χ2v) is 4.43. The molecule has 1 rings (SSSR count). The summed E-state index contributed by atoms with van der Waals surface area (Å²) in [5.41, 5.74) is 0.220. The molecule has 18 heavy (non-hydrogen) atoms. The Bertz CT molecular complexity index is 420. The van der Waals surface area contributed by atoms with Crippen LogP contribution in [-0.4, -0.2) is 30.1 Å². The van der Waals surface area contributed by atoms with Crippen LogP contribution >= 0.6 is 0 Å². The molecule has 0 aliphatic heterocycles. The standard InChI is InChI=1S/C13H20N2O3/c1-4-18-8-11(9(2)3)15-13(17)10-5-6-12(16)14-7-10/h5-7,9,11H,4,8H2,1-3H3,(H,14,16)(H,15,17). The molecule has 1 aromatic heterocycles. The van der Waals surface area contributed by atoms with Gasteiger partial charge in [0.05, 0.1) is 18.2 Å². The molecular formula is C13H20N2O3. The number of amides is 1. The molecule has 0 aliphatic rings. The minimum atomic E-state index is -0.221. The Morgan fingerprint density at radius 1 is 1.44 bits per heavy atom. The fourth-order valence-electron chi connectivity index (χ4n) is 1.45. The van der Waals surface area contributed by atoms with Crippen LogP contribution in [0.4, 0.5) is 0 Å². The van der Waals surface area contributed by atoms with Crippen LogP contribution in [0.15, 0.2) is 23.1 Å². The smallest absolute Gasteiger partial charge is 0.253 e. The zero-order valence-electron chi connectivity index (χ0n) is 11.0. The van der Waals surface area contributed by atoms with Gasteiger partial charge in [-0.1, -0.05) is 13.8 Å². The van der Waals surface area contributed by atoms with E-state index in [2.05, 4.69) is 10.3 Å². The summed E-state index contributed by atoms with van der Waals surface area (Å²) in [6.07, 6.45) is 1.41. The molecule has 1 aromatic rings. The Kier molecular flexibility index (Phi) is 5.58. The van der Waals surface area contributed by atoms with Crippen LogP contribution in [0.5, 0.6) is 0 Å². The number of aromatic amines is 1. The molecule has 0 fully saturated rings. The third-order valence-corrected chi connectivity index (χ3v) is 2.67. The average molecular weight is 252 g/mol. The first-order valence-corrected chi connectivity index (χ1v) is 6.12. The van der Waals surface area contributed by atoms with E-state index in [9.17, 15) is 9.59 Å². The number of carbonyl (C=O) groups is 1. The van der Waals surface area contributed by atoms with Crippen molar-refractivity contribution in [2.75, 3.05) is 13.2 Å². The largest absolute Gasteiger partial charge is 0.380 e. The van der Waals surface area contributed by atoms with E-state index in [0.717, 1.165) is 0 Å². The van der Waals surface area contributed by atoms with Gasteiger partial charge in [-0.05, 0) is 18.9 Å². The summed E-state index contributed by atoms with van der Waals surface area (Å²) >= 11 is 0. The number of aromatic nitrogens is 1. The van der Waals surface area contributed by atoms with Gasteiger partial charge < -0.3 is 15.0 Å². The molecule has 0 saturated heterocycles. The van der Waals surface area contributed by atoms with Crippen molar-refractivity contribution in [2.45, 2.75) is 26.8 Å². The van der Waals surface area contributed by atoms with Gasteiger partial charge in [0, 0.05) is 18.9 Å². The highest BCUT2D eigenvalue weighted by Gasteiger charge is 2.17. The number of rotatable bonds is 6. The van der Waals surface area contributed by atoms with Gasteiger partial charge in [0.15, 0.2) is 0 Å². The van der Waals surface area contributed by atoms with E-state index in [1.54, 1.807) is 0 Å². The van der Waals surface area contributed by atoms with Crippen molar-refractivity contribution in [3.05, 3.63) is 34.2 Å². The SMILES string of the molecule is CCOCC(NC(=O)c1ccc(=O)[nH]c1)C(C)C. The summed E-state index contributed by atoms with van der Waals surface area (Å²) in [5, 5.41) is 2.90. The van der Waals surface area contributed by atoms with Gasteiger partial charge >= 0.3 is 0 Å². The molecule has 100 valence electrons. The van der Waals surface area contributed by atoms with Crippen LogP contribution in [0.1, 0.15) is 31.1 Å². The number of hydrogen-bond acceptors (Lipinski definition) is 3. The number of H-pyrrole nitrogens is 1. The predicted molar refractivity (Wildman–Crippen MR) is 69.6 cm³/mol. The maximum Gasteiger partial charge on any atom is 0.253 e. The normalized spacial score (nSPS) is 12.4. The number of pyridine rings is 1. The first-order valence-electron chi connectivity index (χ1n) is 6.12. The fraction of sp³-hybridized carbons (Fsp3) is 0.538. The van der Waals surface area contributed by atoms with Crippen molar-refractivity contribution in [3.63, 3.8) is 0 Å². The summed E-state index contributed by atoms with van der Waals surface area (Å²) in [5.74, 6) is 0.0768. The molecule has 5 nitrogen and oxygen atoms in total. The van der Waals surface area contributed by atoms with Crippen molar-refractivity contribution in [1.82, 2.24) is 10.3 Å². The topological polar surface area (TPSA) is 71.2 Å². The average Bonchev–Trinajstić information content (AvgIpc) is 2.34. The Labute approximate surface area is 107 Å². The molecule has 0 aromatic carbocycles. The van der Waals surface area contributed by atoms with Gasteiger partial charge in [0.25, 0.3) is 5.91 Å². The van der Waals surface area contributed by atoms with E-state index in [1.165, 1.54) is 18.3 Å². The first-order chi connectivity index (χ1) is 8.54. The lowest BCUT2D eigenvalue weighted by Gasteiger charge is -2.22. The van der Waals surface area contributed by atoms with Crippen LogP contribution in [0.3, 0.4) is 0 Å². The lowest BCUT2D eigenvalue weighted by atomic mass is 10.0. The van der Waals surface area contributed by atoms with E-state index in [0.29, 0.717) is 18.8 Å². The molecule has 0 aliphatic carbocycles. The summed E-state index contributed by atoms with van der Waals surface area (Å²) in [4.78, 5) is 25.3. The van der Waals surface area contributed by atoms with Crippen LogP contribution in [-0.2, 0) is 4.74 Å². The summed E-state index contributed by atoms with van der Waals surface area (Å²) < 4.78 is 5.34. The van der Waals surface area contributed by atoms with Gasteiger partial charge in [-0.3, -0.25) is 9.59 Å². The molecule has 0 bridgehead atoms. The zero-order chi connectivity index (χ0) is 13.5. The highest BCUT2D eigenvalue weighted by molar-refractivity contribution is 5.94. The molecule has 0 radical (unpaired) electrons. The minimum absolute atomic E-state index is 0.0376. The van der Waals surface area contributed by atoms with Crippen molar-refractivity contribution >= 4 is 5.91 Å². The van der Waals surface area contributed by atoms with Gasteiger partial charge in [-0.2, -0.15) is 0 Å². The van der Waals surface area contributed by atoms with Crippen LogP contribution < -0.4 is 10.9 Å². The molecule has 0 saturated carbocycles.